The lowest BCUT2D eigenvalue weighted by molar-refractivity contribution is 0.225. The Kier molecular flexibility index (Phi) is 3.60. The quantitative estimate of drug-likeness (QED) is 0.753. The van der Waals surface area contributed by atoms with Gasteiger partial charge in [0.1, 0.15) is 0 Å². The van der Waals surface area contributed by atoms with E-state index in [2.05, 4.69) is 19.2 Å². The van der Waals surface area contributed by atoms with Gasteiger partial charge in [-0.1, -0.05) is 26.7 Å². The van der Waals surface area contributed by atoms with Crippen molar-refractivity contribution in [2.24, 2.45) is 17.1 Å². The summed E-state index contributed by atoms with van der Waals surface area (Å²) >= 11 is 0. The second kappa shape index (κ2) is 4.66. The molecule has 2 heteroatoms. The Labute approximate surface area is 100 Å². The lowest BCUT2D eigenvalue weighted by atomic mass is 9.77. The second-order valence-electron chi connectivity index (χ2n) is 6.52. The fourth-order valence-electron chi connectivity index (χ4n) is 3.27. The first-order chi connectivity index (χ1) is 7.58. The molecule has 2 aliphatic carbocycles. The van der Waals surface area contributed by atoms with Gasteiger partial charge < -0.3 is 11.1 Å². The minimum Gasteiger partial charge on any atom is -0.324 e. The molecular formula is C14H28N2. The minimum atomic E-state index is 0.0848. The Balaban J connectivity index is 1.72. The van der Waals surface area contributed by atoms with Crippen LogP contribution in [0, 0.1) is 11.3 Å². The van der Waals surface area contributed by atoms with Gasteiger partial charge in [0.2, 0.25) is 0 Å². The highest BCUT2D eigenvalue weighted by Crippen LogP contribution is 2.47. The molecule has 2 rings (SSSR count). The average molecular weight is 224 g/mol. The summed E-state index contributed by atoms with van der Waals surface area (Å²) in [4.78, 5) is 0. The van der Waals surface area contributed by atoms with Crippen molar-refractivity contribution in [2.75, 3.05) is 13.1 Å². The summed E-state index contributed by atoms with van der Waals surface area (Å²) in [5.41, 5.74) is 7.21. The molecule has 2 saturated carbocycles. The third kappa shape index (κ3) is 2.98. The molecule has 0 spiro atoms. The summed E-state index contributed by atoms with van der Waals surface area (Å²) in [5, 5.41) is 3.64. The second-order valence-corrected chi connectivity index (χ2v) is 6.52. The molecule has 16 heavy (non-hydrogen) atoms. The Morgan fingerprint density at radius 3 is 2.56 bits per heavy atom. The van der Waals surface area contributed by atoms with Crippen LogP contribution in [0.25, 0.3) is 0 Å². The van der Waals surface area contributed by atoms with E-state index in [4.69, 9.17) is 5.73 Å². The zero-order valence-corrected chi connectivity index (χ0v) is 11.0. The summed E-state index contributed by atoms with van der Waals surface area (Å²) in [6.07, 6.45) is 9.28. The van der Waals surface area contributed by atoms with Gasteiger partial charge in [-0.05, 0) is 43.4 Å². The van der Waals surface area contributed by atoms with Crippen LogP contribution in [-0.2, 0) is 0 Å². The van der Waals surface area contributed by atoms with Crippen molar-refractivity contribution >= 4 is 0 Å². The lowest BCUT2D eigenvalue weighted by Gasteiger charge is -2.37. The van der Waals surface area contributed by atoms with E-state index in [-0.39, 0.29) is 5.54 Å². The van der Waals surface area contributed by atoms with Crippen LogP contribution < -0.4 is 11.1 Å². The molecule has 0 aliphatic heterocycles. The zero-order valence-electron chi connectivity index (χ0n) is 11.0. The van der Waals surface area contributed by atoms with E-state index in [1.807, 2.05) is 0 Å². The highest BCUT2D eigenvalue weighted by Gasteiger charge is 2.40. The first-order valence-electron chi connectivity index (χ1n) is 7.07. The van der Waals surface area contributed by atoms with Crippen molar-refractivity contribution in [2.45, 2.75) is 64.3 Å². The van der Waals surface area contributed by atoms with Crippen molar-refractivity contribution in [1.82, 2.24) is 5.32 Å². The monoisotopic (exact) mass is 224 g/mol. The van der Waals surface area contributed by atoms with Gasteiger partial charge in [-0.25, -0.2) is 0 Å². The Bertz CT molecular complexity index is 235. The molecule has 0 aromatic carbocycles. The van der Waals surface area contributed by atoms with Crippen LogP contribution in [0.4, 0.5) is 0 Å². The Hall–Kier alpha value is -0.0800. The molecule has 2 nitrogen and oxygen atoms in total. The minimum absolute atomic E-state index is 0.0848. The fourth-order valence-corrected chi connectivity index (χ4v) is 3.27. The van der Waals surface area contributed by atoms with Crippen LogP contribution in [0.3, 0.4) is 0 Å². The predicted octanol–water partition coefficient (Wildman–Crippen LogP) is 2.67. The number of rotatable bonds is 5. The number of hydrogen-bond acceptors (Lipinski definition) is 2. The molecule has 0 saturated heterocycles. The van der Waals surface area contributed by atoms with E-state index in [0.717, 1.165) is 12.5 Å². The molecule has 0 bridgehead atoms. The topological polar surface area (TPSA) is 38.0 Å². The van der Waals surface area contributed by atoms with Crippen LogP contribution in [0.5, 0.6) is 0 Å². The van der Waals surface area contributed by atoms with Crippen molar-refractivity contribution < 1.29 is 0 Å². The van der Waals surface area contributed by atoms with Crippen molar-refractivity contribution in [3.63, 3.8) is 0 Å². The molecule has 0 aromatic rings. The molecule has 0 amide bonds. The van der Waals surface area contributed by atoms with Gasteiger partial charge in [-0.15, -0.1) is 0 Å². The Morgan fingerprint density at radius 2 is 2.00 bits per heavy atom. The first kappa shape index (κ1) is 12.4. The van der Waals surface area contributed by atoms with Crippen LogP contribution >= 0.6 is 0 Å². The van der Waals surface area contributed by atoms with Crippen LogP contribution in [-0.4, -0.2) is 18.6 Å². The molecule has 0 radical (unpaired) electrons. The van der Waals surface area contributed by atoms with E-state index in [1.54, 1.807) is 0 Å². The van der Waals surface area contributed by atoms with Gasteiger partial charge in [0, 0.05) is 18.6 Å². The van der Waals surface area contributed by atoms with Crippen LogP contribution in [0.1, 0.15) is 58.8 Å². The maximum atomic E-state index is 6.48. The summed E-state index contributed by atoms with van der Waals surface area (Å²) in [6, 6.07) is 0. The van der Waals surface area contributed by atoms with Gasteiger partial charge in [-0.2, -0.15) is 0 Å². The van der Waals surface area contributed by atoms with Crippen LogP contribution in [0.15, 0.2) is 0 Å². The Morgan fingerprint density at radius 1 is 1.25 bits per heavy atom. The van der Waals surface area contributed by atoms with E-state index in [9.17, 15) is 0 Å². The SMILES string of the molecule is CCC1(CNCC2(N)CCCC(C)C2)CC1. The van der Waals surface area contributed by atoms with Gasteiger partial charge in [0.05, 0.1) is 0 Å². The summed E-state index contributed by atoms with van der Waals surface area (Å²) in [7, 11) is 0. The van der Waals surface area contributed by atoms with E-state index < -0.39 is 0 Å². The van der Waals surface area contributed by atoms with Crippen LogP contribution in [0.2, 0.25) is 0 Å². The molecule has 0 heterocycles. The summed E-state index contributed by atoms with van der Waals surface area (Å²) in [5.74, 6) is 0.821. The molecule has 94 valence electrons. The average Bonchev–Trinajstić information content (AvgIpc) is 2.98. The van der Waals surface area contributed by atoms with E-state index >= 15 is 0 Å². The number of hydrogen-bond donors (Lipinski definition) is 2. The fraction of sp³-hybridized carbons (Fsp3) is 1.00. The zero-order chi connectivity index (χ0) is 11.6. The number of nitrogens with two attached hydrogens (primary N) is 1. The molecule has 2 aliphatic rings. The standard InChI is InChI=1S/C14H28N2/c1-3-13(7-8-13)10-16-11-14(15)6-4-5-12(2)9-14/h12,16H,3-11,15H2,1-2H3. The van der Waals surface area contributed by atoms with Gasteiger partial charge in [-0.3, -0.25) is 0 Å². The molecular weight excluding hydrogens is 196 g/mol. The van der Waals surface area contributed by atoms with Gasteiger partial charge >= 0.3 is 0 Å². The van der Waals surface area contributed by atoms with Gasteiger partial charge in [0.25, 0.3) is 0 Å². The molecule has 2 atom stereocenters. The third-order valence-electron chi connectivity index (χ3n) is 4.81. The third-order valence-corrected chi connectivity index (χ3v) is 4.81. The first-order valence-corrected chi connectivity index (χ1v) is 7.07. The molecule has 0 aromatic heterocycles. The maximum Gasteiger partial charge on any atom is 0.0283 e. The van der Waals surface area contributed by atoms with E-state index in [0.29, 0.717) is 5.41 Å². The number of nitrogens with one attached hydrogen (secondary N) is 1. The molecule has 3 N–H and O–H groups in total. The lowest BCUT2D eigenvalue weighted by Crippen LogP contribution is -2.52. The maximum absolute atomic E-state index is 6.48. The molecule has 2 unspecified atom stereocenters. The summed E-state index contributed by atoms with van der Waals surface area (Å²) < 4.78 is 0. The molecule has 2 fully saturated rings. The summed E-state index contributed by atoms with van der Waals surface area (Å²) in [6.45, 7) is 6.88. The van der Waals surface area contributed by atoms with Gasteiger partial charge in [0.15, 0.2) is 0 Å². The predicted molar refractivity (Wildman–Crippen MR) is 69.4 cm³/mol. The van der Waals surface area contributed by atoms with Crippen molar-refractivity contribution in [3.05, 3.63) is 0 Å². The highest BCUT2D eigenvalue weighted by atomic mass is 15.0. The largest absolute Gasteiger partial charge is 0.324 e. The van der Waals surface area contributed by atoms with Crippen molar-refractivity contribution in [3.8, 4) is 0 Å². The van der Waals surface area contributed by atoms with Crippen molar-refractivity contribution in [1.29, 1.82) is 0 Å². The normalized spacial score (nSPS) is 37.3. The smallest absolute Gasteiger partial charge is 0.0283 e. The highest BCUT2D eigenvalue weighted by molar-refractivity contribution is 4.96. The van der Waals surface area contributed by atoms with E-state index in [1.165, 1.54) is 51.5 Å².